The number of halogens is 18. The topological polar surface area (TPSA) is 0 Å². The number of benzene rings is 9. The summed E-state index contributed by atoms with van der Waals surface area (Å²) in [6.07, 6.45) is 45.5. The molecule has 0 spiro atoms. The zero-order chi connectivity index (χ0) is 109. The molecule has 10 saturated carbocycles. The second-order valence-corrected chi connectivity index (χ2v) is 49.7. The van der Waals surface area contributed by atoms with E-state index in [1.54, 1.807) is 109 Å². The normalized spacial score (nSPS) is 26.8. The summed E-state index contributed by atoms with van der Waals surface area (Å²) >= 11 is 24.1. The lowest BCUT2D eigenvalue weighted by Gasteiger charge is -2.37. The van der Waals surface area contributed by atoms with E-state index in [2.05, 4.69) is 62.3 Å². The monoisotopic (exact) mass is 2180 g/mol. The molecule has 0 bridgehead atoms. The van der Waals surface area contributed by atoms with Gasteiger partial charge in [-0.3, -0.25) is 0 Å². The second kappa shape index (κ2) is 59.0. The lowest BCUT2D eigenvalue weighted by atomic mass is 9.68. The Bertz CT molecular complexity index is 4900. The third-order valence-electron chi connectivity index (χ3n) is 36.3. The van der Waals surface area contributed by atoms with Crippen molar-refractivity contribution in [3.05, 3.63) is 311 Å². The van der Waals surface area contributed by atoms with Crippen molar-refractivity contribution in [3.63, 3.8) is 0 Å². The van der Waals surface area contributed by atoms with Crippen molar-refractivity contribution in [2.45, 2.75) is 435 Å². The third-order valence-corrected chi connectivity index (χ3v) is 38.0. The molecular weight excluding hydrogens is 1990 g/mol. The average molecular weight is 2190 g/mol. The molecule has 0 nitrogen and oxygen atoms in total. The van der Waals surface area contributed by atoms with E-state index in [0.717, 1.165) is 265 Å². The minimum absolute atomic E-state index is 0. The van der Waals surface area contributed by atoms with E-state index in [0.29, 0.717) is 111 Å². The first-order valence-corrected chi connectivity index (χ1v) is 58.8. The molecule has 10 fully saturated rings. The van der Waals surface area contributed by atoms with Crippen molar-refractivity contribution >= 4 is 46.4 Å². The Morgan fingerprint density at radius 2 is 0.260 bits per heavy atom. The van der Waals surface area contributed by atoms with Gasteiger partial charge in [-0.05, 0) is 422 Å². The Hall–Kier alpha value is -6.84. The van der Waals surface area contributed by atoms with Gasteiger partial charge < -0.3 is 0 Å². The highest BCUT2D eigenvalue weighted by Gasteiger charge is 2.36. The van der Waals surface area contributed by atoms with Crippen LogP contribution in [0.5, 0.6) is 0 Å². The first-order valence-electron chi connectivity index (χ1n) is 57.3. The van der Waals surface area contributed by atoms with Gasteiger partial charge in [-0.25, -0.2) is 61.5 Å². The van der Waals surface area contributed by atoms with Crippen molar-refractivity contribution < 1.29 is 75.7 Å². The number of hydrogen-bond acceptors (Lipinski definition) is 0. The fraction of sp³-hybridized carbons (Fsp3) is 0.591. The molecule has 0 N–H and O–H groups in total. The Balaban J connectivity index is 0.000000895. The van der Waals surface area contributed by atoms with E-state index in [4.69, 9.17) is 46.4 Å². The van der Waals surface area contributed by atoms with Crippen molar-refractivity contribution in [1.29, 1.82) is 0 Å². The summed E-state index contributed by atoms with van der Waals surface area (Å²) < 4.78 is 192. The van der Waals surface area contributed by atoms with Crippen molar-refractivity contribution in [3.8, 4) is 0 Å². The van der Waals surface area contributed by atoms with E-state index in [9.17, 15) is 61.5 Å². The fourth-order valence-electron chi connectivity index (χ4n) is 25.0. The molecule has 0 aromatic heterocycles. The molecule has 0 amide bonds. The van der Waals surface area contributed by atoms with Gasteiger partial charge >= 0.3 is 0 Å². The quantitative estimate of drug-likeness (QED) is 0.120. The van der Waals surface area contributed by atoms with E-state index < -0.39 is 58.2 Å². The first kappa shape index (κ1) is 123. The van der Waals surface area contributed by atoms with Crippen LogP contribution in [-0.2, 0) is 0 Å². The summed E-state index contributed by atoms with van der Waals surface area (Å²) in [5.41, 5.74) is 11.5. The average Bonchev–Trinajstić information content (AvgIpc) is 0.797. The zero-order valence-electron chi connectivity index (χ0n) is 93.0. The molecule has 0 saturated heterocycles. The Labute approximate surface area is 927 Å². The minimum Gasteiger partial charge on any atom is -0.205 e. The van der Waals surface area contributed by atoms with Gasteiger partial charge in [0, 0.05) is 14.3 Å². The second-order valence-electron chi connectivity index (χ2n) is 48.2. The van der Waals surface area contributed by atoms with Crippen LogP contribution in [0.2, 0.25) is 20.1 Å². The predicted octanol–water partition coefficient (Wildman–Crippen LogP) is 47.4. The van der Waals surface area contributed by atoms with Crippen molar-refractivity contribution in [2.75, 3.05) is 0 Å². The fourth-order valence-corrected chi connectivity index (χ4v) is 26.1. The minimum atomic E-state index is -0.670. The summed E-state index contributed by atoms with van der Waals surface area (Å²) in [4.78, 5) is 0. The molecule has 0 atom stereocenters. The Morgan fingerprint density at radius 1 is 0.140 bits per heavy atom. The lowest BCUT2D eigenvalue weighted by molar-refractivity contribution is 0.164. The van der Waals surface area contributed by atoms with Gasteiger partial charge in [-0.2, -0.15) is 0 Å². The summed E-state index contributed by atoms with van der Waals surface area (Å²) in [6.45, 7) is 35.6. The standard InChI is InChI=1S/C20H28F2.4C14H18ClF.4C14H18F2.10H2/c1-13-3-6-15(7-4-13)16-8-10-17(11-9-16)18-12-5-14(2)19(21)20(18)22;2*1-9-3-6-11(7-4-9)12-8-5-10(2)14(16)13(12)15;6*1-9-3-6-11(7-4-9)12-8-5-10(2)13(15)14(12)16;;;;;;;;;;/h5,12-13,15-17H,3-4,6-11H2,1-2H3;8*5,8-9,11H,3-4,6-7H2,1-2H3;10*1H. The van der Waals surface area contributed by atoms with Gasteiger partial charge in [-0.1, -0.05) is 333 Å². The van der Waals surface area contributed by atoms with Crippen LogP contribution < -0.4 is 0 Å². The summed E-state index contributed by atoms with van der Waals surface area (Å²) in [5.74, 6) is 4.16. The summed E-state index contributed by atoms with van der Waals surface area (Å²) in [7, 11) is 0. The first-order chi connectivity index (χ1) is 71.3. The Morgan fingerprint density at radius 3 is 0.433 bits per heavy atom. The van der Waals surface area contributed by atoms with Gasteiger partial charge in [0.15, 0.2) is 58.2 Å². The molecule has 150 heavy (non-hydrogen) atoms. The van der Waals surface area contributed by atoms with Crippen molar-refractivity contribution in [1.82, 2.24) is 0 Å². The van der Waals surface area contributed by atoms with E-state index in [1.807, 2.05) is 62.4 Å². The van der Waals surface area contributed by atoms with Crippen LogP contribution in [0.15, 0.2) is 109 Å². The van der Waals surface area contributed by atoms with E-state index in [-0.39, 0.29) is 67.1 Å². The molecule has 0 aliphatic heterocycles. The van der Waals surface area contributed by atoms with E-state index >= 15 is 0 Å². The van der Waals surface area contributed by atoms with Crippen LogP contribution in [-0.4, -0.2) is 0 Å². The highest BCUT2D eigenvalue weighted by Crippen LogP contribution is 2.50. The van der Waals surface area contributed by atoms with Crippen molar-refractivity contribution in [2.24, 2.45) is 65.1 Å². The van der Waals surface area contributed by atoms with Crippen LogP contribution in [0.25, 0.3) is 0 Å². The van der Waals surface area contributed by atoms with Gasteiger partial charge in [-0.15, -0.1) is 0 Å². The molecule has 0 radical (unpaired) electrons. The van der Waals surface area contributed by atoms with Crippen LogP contribution >= 0.6 is 46.4 Å². The third kappa shape index (κ3) is 33.9. The largest absolute Gasteiger partial charge is 0.205 e. The molecule has 0 heterocycles. The maximum absolute atomic E-state index is 14.2. The van der Waals surface area contributed by atoms with Crippen LogP contribution in [0.3, 0.4) is 0 Å². The molecule has 10 aliphatic carbocycles. The molecule has 18 heteroatoms. The smallest absolute Gasteiger partial charge is 0.162 e. The molecular formula is C132H192Cl4F14. The molecule has 9 aromatic rings. The van der Waals surface area contributed by atoms with Gasteiger partial charge in [0.1, 0.15) is 23.3 Å². The number of rotatable bonds is 10. The van der Waals surface area contributed by atoms with Gasteiger partial charge in [0.05, 0.1) is 20.1 Å². The zero-order valence-corrected chi connectivity index (χ0v) is 96.1. The molecule has 10 aliphatic rings. The molecule has 19 rings (SSSR count). The highest BCUT2D eigenvalue weighted by molar-refractivity contribution is 6.32. The lowest BCUT2D eigenvalue weighted by Crippen LogP contribution is -2.25. The number of hydrogen-bond donors (Lipinski definition) is 0. The van der Waals surface area contributed by atoms with Gasteiger partial charge in [0.2, 0.25) is 0 Å². The molecule has 0 unspecified atom stereocenters. The number of aryl methyl sites for hydroxylation is 9. The maximum atomic E-state index is 14.2. The SMILES string of the molecule is Cc1ccc(C2CCC(C)CC2)c(Cl)c1F.Cc1ccc(C2CCC(C)CC2)c(Cl)c1F.Cc1ccc(C2CCC(C)CC2)c(F)c1Cl.Cc1ccc(C2CCC(C)CC2)c(F)c1Cl.Cc1ccc(C2CCC(C)CC2)c(F)c1F.Cc1ccc(C2CCC(C)CC2)c(F)c1F.Cc1ccc(C2CCC(C)CC2)c(F)c1F.Cc1ccc(C2CCC(C)CC2)c(F)c1F.Cc1ccc(C2CCC(C3CCC(C)CC3)CC2)c(F)c1F.[HH].[HH].[HH].[HH].[HH].[HH].[HH].[HH].[HH].[HH]. The van der Waals surface area contributed by atoms with Crippen LogP contribution in [0.4, 0.5) is 61.5 Å². The highest BCUT2D eigenvalue weighted by atomic mass is 35.5. The van der Waals surface area contributed by atoms with Crippen LogP contribution in [0, 0.1) is 209 Å². The van der Waals surface area contributed by atoms with Gasteiger partial charge in [0.25, 0.3) is 0 Å². The predicted molar refractivity (Wildman–Crippen MR) is 620 cm³/mol. The summed E-state index contributed by atoms with van der Waals surface area (Å²) in [5, 5.41) is 1.30. The molecule has 846 valence electrons. The summed E-state index contributed by atoms with van der Waals surface area (Å²) in [6, 6.07) is 32.7. The Kier molecular flexibility index (Phi) is 48.5. The van der Waals surface area contributed by atoms with E-state index in [1.165, 1.54) is 89.9 Å². The maximum Gasteiger partial charge on any atom is 0.162 e. The van der Waals surface area contributed by atoms with Crippen LogP contribution in [0.1, 0.15) is 487 Å². The molecule has 9 aromatic carbocycles.